The molecule has 2 heterocycles. The number of benzene rings is 1. The zero-order chi connectivity index (χ0) is 17.5. The van der Waals surface area contributed by atoms with Gasteiger partial charge >= 0.3 is 5.97 Å². The minimum Gasteiger partial charge on any atom is -0.461 e. The Balaban J connectivity index is 0.00000243. The lowest BCUT2D eigenvalue weighted by molar-refractivity contribution is 0.0448. The van der Waals surface area contributed by atoms with Gasteiger partial charge in [-0.25, -0.2) is 9.78 Å². The Hall–Kier alpha value is -1.82. The van der Waals surface area contributed by atoms with Gasteiger partial charge in [-0.05, 0) is 62.3 Å². The third-order valence-electron chi connectivity index (χ3n) is 4.11. The molecule has 0 unspecified atom stereocenters. The zero-order valence-electron chi connectivity index (χ0n) is 14.4. The minimum absolute atomic E-state index is 0. The first-order chi connectivity index (χ1) is 12.2. The molecule has 26 heavy (non-hydrogen) atoms. The van der Waals surface area contributed by atoms with Crippen molar-refractivity contribution < 1.29 is 14.3 Å². The third-order valence-corrected chi connectivity index (χ3v) is 4.36. The number of rotatable bonds is 6. The molecule has 3 rings (SSSR count). The van der Waals surface area contributed by atoms with Crippen molar-refractivity contribution in [3.63, 3.8) is 0 Å². The van der Waals surface area contributed by atoms with Crippen molar-refractivity contribution >= 4 is 30.0 Å². The number of hydrogen-bond donors (Lipinski definition) is 0. The van der Waals surface area contributed by atoms with Gasteiger partial charge in [-0.1, -0.05) is 18.0 Å². The van der Waals surface area contributed by atoms with Crippen molar-refractivity contribution in [2.24, 2.45) is 0 Å². The van der Waals surface area contributed by atoms with Gasteiger partial charge in [-0.2, -0.15) is 0 Å². The molecular weight excluding hydrogens is 375 g/mol. The van der Waals surface area contributed by atoms with E-state index in [1.807, 2.05) is 0 Å². The SMILES string of the molecule is Cl.O=C(OCCN1CCCCC1)c1cccnc1Oc1ccc(Cl)cc1. The number of likely N-dealkylation sites (tertiary alicyclic amines) is 1. The standard InChI is InChI=1S/C19H21ClN2O3.ClH/c20-15-6-8-16(9-7-15)25-18-17(5-4-10-21-18)19(23)24-14-13-22-11-2-1-3-12-22;/h4-10H,1-3,11-14H2;1H. The smallest absolute Gasteiger partial charge is 0.343 e. The van der Waals surface area contributed by atoms with E-state index >= 15 is 0 Å². The summed E-state index contributed by atoms with van der Waals surface area (Å²) in [5.41, 5.74) is 0.316. The van der Waals surface area contributed by atoms with Gasteiger partial charge in [0.25, 0.3) is 0 Å². The number of esters is 1. The van der Waals surface area contributed by atoms with E-state index in [2.05, 4.69) is 9.88 Å². The highest BCUT2D eigenvalue weighted by Crippen LogP contribution is 2.24. The molecule has 1 aliphatic heterocycles. The van der Waals surface area contributed by atoms with Crippen molar-refractivity contribution in [2.45, 2.75) is 19.3 Å². The molecule has 7 heteroatoms. The third kappa shape index (κ3) is 5.87. The van der Waals surface area contributed by atoms with Crippen LogP contribution in [0.4, 0.5) is 0 Å². The second-order valence-electron chi connectivity index (χ2n) is 5.95. The predicted molar refractivity (Wildman–Crippen MR) is 104 cm³/mol. The molecular formula is C19H22Cl2N2O3. The summed E-state index contributed by atoms with van der Waals surface area (Å²) in [6, 6.07) is 10.2. The number of aromatic nitrogens is 1. The van der Waals surface area contributed by atoms with Gasteiger partial charge in [0.15, 0.2) is 0 Å². The Labute approximate surface area is 164 Å². The fourth-order valence-electron chi connectivity index (χ4n) is 2.77. The largest absolute Gasteiger partial charge is 0.461 e. The number of hydrogen-bond acceptors (Lipinski definition) is 5. The van der Waals surface area contributed by atoms with Gasteiger partial charge in [-0.15, -0.1) is 12.4 Å². The van der Waals surface area contributed by atoms with E-state index in [-0.39, 0.29) is 18.3 Å². The van der Waals surface area contributed by atoms with Crippen LogP contribution in [0.25, 0.3) is 0 Å². The summed E-state index contributed by atoms with van der Waals surface area (Å²) in [4.78, 5) is 18.8. The molecule has 1 saturated heterocycles. The Morgan fingerprint density at radius 1 is 1.12 bits per heavy atom. The average molecular weight is 397 g/mol. The van der Waals surface area contributed by atoms with Gasteiger partial charge < -0.3 is 9.47 Å². The molecule has 0 saturated carbocycles. The summed E-state index contributed by atoms with van der Waals surface area (Å²) in [5.74, 6) is 0.368. The fraction of sp³-hybridized carbons (Fsp3) is 0.368. The maximum atomic E-state index is 12.4. The number of carbonyl (C=O) groups is 1. The molecule has 0 amide bonds. The fourth-order valence-corrected chi connectivity index (χ4v) is 2.90. The van der Waals surface area contributed by atoms with Crippen LogP contribution in [-0.4, -0.2) is 42.1 Å². The molecule has 0 atom stereocenters. The second kappa shape index (κ2) is 10.4. The minimum atomic E-state index is -0.422. The number of ether oxygens (including phenoxy) is 2. The summed E-state index contributed by atoms with van der Waals surface area (Å²) < 4.78 is 11.1. The van der Waals surface area contributed by atoms with Gasteiger partial charge in [0.05, 0.1) is 0 Å². The molecule has 140 valence electrons. The Morgan fingerprint density at radius 2 is 1.85 bits per heavy atom. The van der Waals surface area contributed by atoms with Crippen molar-refractivity contribution in [1.29, 1.82) is 0 Å². The van der Waals surface area contributed by atoms with E-state index in [4.69, 9.17) is 21.1 Å². The summed E-state index contributed by atoms with van der Waals surface area (Å²) in [7, 11) is 0. The summed E-state index contributed by atoms with van der Waals surface area (Å²) in [5, 5.41) is 0.616. The lowest BCUT2D eigenvalue weighted by Crippen LogP contribution is -2.33. The highest BCUT2D eigenvalue weighted by molar-refractivity contribution is 6.30. The Bertz CT molecular complexity index is 704. The van der Waals surface area contributed by atoms with E-state index in [1.54, 1.807) is 42.6 Å². The van der Waals surface area contributed by atoms with Gasteiger partial charge in [0, 0.05) is 17.8 Å². The second-order valence-corrected chi connectivity index (χ2v) is 6.39. The summed E-state index contributed by atoms with van der Waals surface area (Å²) in [6.07, 6.45) is 5.30. The monoisotopic (exact) mass is 396 g/mol. The van der Waals surface area contributed by atoms with E-state index in [0.29, 0.717) is 22.9 Å². The number of pyridine rings is 1. The van der Waals surface area contributed by atoms with Crippen LogP contribution in [0.5, 0.6) is 11.6 Å². The number of nitrogens with zero attached hydrogens (tertiary/aromatic N) is 2. The van der Waals surface area contributed by atoms with E-state index < -0.39 is 5.97 Å². The molecule has 0 N–H and O–H groups in total. The summed E-state index contributed by atoms with van der Waals surface area (Å²) >= 11 is 5.87. The van der Waals surface area contributed by atoms with Crippen LogP contribution in [0.15, 0.2) is 42.6 Å². The van der Waals surface area contributed by atoms with Crippen molar-refractivity contribution in [2.75, 3.05) is 26.2 Å². The van der Waals surface area contributed by atoms with Crippen LogP contribution in [0.2, 0.25) is 5.02 Å². The van der Waals surface area contributed by atoms with Gasteiger partial charge in [0.2, 0.25) is 5.88 Å². The molecule has 2 aromatic rings. The Kier molecular flexibility index (Phi) is 8.16. The van der Waals surface area contributed by atoms with Crippen LogP contribution in [0.3, 0.4) is 0 Å². The lowest BCUT2D eigenvalue weighted by Gasteiger charge is -2.25. The molecule has 1 fully saturated rings. The molecule has 0 spiro atoms. The average Bonchev–Trinajstić information content (AvgIpc) is 2.65. The molecule has 1 aromatic carbocycles. The van der Waals surface area contributed by atoms with Crippen LogP contribution in [-0.2, 0) is 4.74 Å². The van der Waals surface area contributed by atoms with E-state index in [0.717, 1.165) is 19.6 Å². The van der Waals surface area contributed by atoms with Gasteiger partial charge in [0.1, 0.15) is 17.9 Å². The zero-order valence-corrected chi connectivity index (χ0v) is 16.0. The van der Waals surface area contributed by atoms with Gasteiger partial charge in [-0.3, -0.25) is 4.90 Å². The molecule has 0 aliphatic carbocycles. The van der Waals surface area contributed by atoms with Crippen LogP contribution in [0, 0.1) is 0 Å². The van der Waals surface area contributed by atoms with Crippen molar-refractivity contribution in [3.05, 3.63) is 53.2 Å². The topological polar surface area (TPSA) is 51.7 Å². The highest BCUT2D eigenvalue weighted by Gasteiger charge is 2.17. The maximum Gasteiger partial charge on any atom is 0.343 e. The first kappa shape index (κ1) is 20.5. The quantitative estimate of drug-likeness (QED) is 0.668. The number of carbonyl (C=O) groups excluding carboxylic acids is 1. The molecule has 1 aliphatic rings. The van der Waals surface area contributed by atoms with Crippen LogP contribution < -0.4 is 4.74 Å². The number of piperidine rings is 1. The van der Waals surface area contributed by atoms with E-state index in [1.165, 1.54) is 19.3 Å². The van der Waals surface area contributed by atoms with Crippen LogP contribution in [0.1, 0.15) is 29.6 Å². The molecule has 0 bridgehead atoms. The first-order valence-corrected chi connectivity index (χ1v) is 8.88. The lowest BCUT2D eigenvalue weighted by atomic mass is 10.1. The van der Waals surface area contributed by atoms with Crippen LogP contribution >= 0.6 is 24.0 Å². The predicted octanol–water partition coefficient (Wildman–Crippen LogP) is 4.59. The first-order valence-electron chi connectivity index (χ1n) is 8.50. The van der Waals surface area contributed by atoms with Crippen molar-refractivity contribution in [1.82, 2.24) is 9.88 Å². The molecule has 1 aromatic heterocycles. The maximum absolute atomic E-state index is 12.4. The molecule has 5 nitrogen and oxygen atoms in total. The highest BCUT2D eigenvalue weighted by atomic mass is 35.5. The summed E-state index contributed by atoms with van der Waals surface area (Å²) in [6.45, 7) is 3.29. The van der Waals surface area contributed by atoms with Crippen molar-refractivity contribution in [3.8, 4) is 11.6 Å². The normalized spacial score (nSPS) is 14.3. The molecule has 0 radical (unpaired) electrons. The number of halogens is 2. The van der Waals surface area contributed by atoms with E-state index in [9.17, 15) is 4.79 Å². The Morgan fingerprint density at radius 3 is 2.58 bits per heavy atom.